The Morgan fingerprint density at radius 1 is 1.06 bits per heavy atom. The van der Waals surface area contributed by atoms with Gasteiger partial charge in [-0.15, -0.1) is 0 Å². The molecule has 1 unspecified atom stereocenters. The molecule has 2 rings (SSSR count). The van der Waals surface area contributed by atoms with Crippen molar-refractivity contribution < 1.29 is 4.79 Å². The average Bonchev–Trinajstić information content (AvgIpc) is 2.67. The number of piperidine rings is 1. The molecule has 2 aliphatic rings. The van der Waals surface area contributed by atoms with Gasteiger partial charge in [0.05, 0.1) is 6.54 Å². The van der Waals surface area contributed by atoms with Crippen LogP contribution in [0.2, 0.25) is 0 Å². The molecule has 2 N–H and O–H groups in total. The fourth-order valence-electron chi connectivity index (χ4n) is 3.07. The molecule has 98 valence electrons. The number of amides is 1. The topological polar surface area (TPSA) is 49.6 Å². The largest absolute Gasteiger partial charge is 0.340 e. The van der Waals surface area contributed by atoms with Crippen LogP contribution in [-0.2, 0) is 4.79 Å². The van der Waals surface area contributed by atoms with Crippen LogP contribution in [-0.4, -0.2) is 54.5 Å². The summed E-state index contributed by atoms with van der Waals surface area (Å²) in [5, 5.41) is 0. The third kappa shape index (κ3) is 3.42. The third-order valence-electron chi connectivity index (χ3n) is 4.08. The van der Waals surface area contributed by atoms with Gasteiger partial charge in [0, 0.05) is 19.1 Å². The second kappa shape index (κ2) is 6.36. The number of nitrogens with zero attached hydrogens (tertiary/aromatic N) is 2. The summed E-state index contributed by atoms with van der Waals surface area (Å²) in [5.41, 5.74) is 5.45. The monoisotopic (exact) mass is 239 g/mol. The van der Waals surface area contributed by atoms with E-state index in [-0.39, 0.29) is 12.5 Å². The van der Waals surface area contributed by atoms with Crippen LogP contribution >= 0.6 is 0 Å². The number of rotatable bonds is 2. The van der Waals surface area contributed by atoms with E-state index in [9.17, 15) is 4.79 Å². The quantitative estimate of drug-likeness (QED) is 0.776. The van der Waals surface area contributed by atoms with Gasteiger partial charge in [-0.25, -0.2) is 0 Å². The van der Waals surface area contributed by atoms with Crippen molar-refractivity contribution in [3.8, 4) is 0 Å². The zero-order valence-corrected chi connectivity index (χ0v) is 10.7. The molecule has 0 aromatic carbocycles. The van der Waals surface area contributed by atoms with Crippen molar-refractivity contribution in [1.29, 1.82) is 0 Å². The molecule has 0 saturated carbocycles. The van der Waals surface area contributed by atoms with Crippen LogP contribution in [0.15, 0.2) is 0 Å². The third-order valence-corrected chi connectivity index (χ3v) is 4.08. The van der Waals surface area contributed by atoms with E-state index >= 15 is 0 Å². The van der Waals surface area contributed by atoms with Crippen LogP contribution in [0.4, 0.5) is 0 Å². The Bertz CT molecular complexity index is 249. The summed E-state index contributed by atoms with van der Waals surface area (Å²) in [6, 6.07) is 0.581. The van der Waals surface area contributed by atoms with E-state index in [1.165, 1.54) is 45.2 Å². The molecule has 0 aliphatic carbocycles. The summed E-state index contributed by atoms with van der Waals surface area (Å²) in [5.74, 6) is 0.115. The molecule has 0 aromatic heterocycles. The molecule has 0 spiro atoms. The predicted molar refractivity (Wildman–Crippen MR) is 68.7 cm³/mol. The van der Waals surface area contributed by atoms with Crippen molar-refractivity contribution in [2.75, 3.05) is 32.7 Å². The maximum absolute atomic E-state index is 11.6. The highest BCUT2D eigenvalue weighted by Crippen LogP contribution is 2.19. The fraction of sp³-hybridized carbons (Fsp3) is 0.923. The summed E-state index contributed by atoms with van der Waals surface area (Å²) in [6.07, 6.45) is 7.76. The van der Waals surface area contributed by atoms with Gasteiger partial charge >= 0.3 is 0 Å². The van der Waals surface area contributed by atoms with Gasteiger partial charge in [0.2, 0.25) is 5.91 Å². The Balaban J connectivity index is 1.89. The summed E-state index contributed by atoms with van der Waals surface area (Å²) in [4.78, 5) is 16.2. The predicted octanol–water partition coefficient (Wildman–Crippen LogP) is 0.812. The Labute approximate surface area is 104 Å². The highest BCUT2D eigenvalue weighted by Gasteiger charge is 2.27. The van der Waals surface area contributed by atoms with E-state index in [4.69, 9.17) is 5.73 Å². The van der Waals surface area contributed by atoms with Crippen molar-refractivity contribution in [3.05, 3.63) is 0 Å². The van der Waals surface area contributed by atoms with Crippen molar-refractivity contribution in [1.82, 2.24) is 9.80 Å². The van der Waals surface area contributed by atoms with Gasteiger partial charge in [0.25, 0.3) is 0 Å². The number of hydrogen-bond donors (Lipinski definition) is 1. The minimum atomic E-state index is 0.115. The van der Waals surface area contributed by atoms with Crippen molar-refractivity contribution in [2.24, 2.45) is 5.73 Å². The van der Waals surface area contributed by atoms with Gasteiger partial charge in [-0.2, -0.15) is 0 Å². The minimum absolute atomic E-state index is 0.115. The SMILES string of the molecule is NCC(=O)N1CCCC(N2CCCCCC2)C1. The molecule has 4 nitrogen and oxygen atoms in total. The number of carbonyl (C=O) groups is 1. The number of likely N-dealkylation sites (tertiary alicyclic amines) is 2. The molecule has 2 aliphatic heterocycles. The maximum Gasteiger partial charge on any atom is 0.236 e. The molecule has 0 aromatic rings. The molecule has 0 bridgehead atoms. The molecule has 2 fully saturated rings. The standard InChI is InChI=1S/C13H25N3O/c14-10-13(17)16-9-5-6-12(11-16)15-7-3-1-2-4-8-15/h12H,1-11,14H2. The van der Waals surface area contributed by atoms with Crippen LogP contribution in [0.3, 0.4) is 0 Å². The number of carbonyl (C=O) groups excluding carboxylic acids is 1. The molecule has 2 heterocycles. The van der Waals surface area contributed by atoms with Crippen LogP contribution in [0.25, 0.3) is 0 Å². The van der Waals surface area contributed by atoms with Gasteiger partial charge in [0.15, 0.2) is 0 Å². The second-order valence-electron chi connectivity index (χ2n) is 5.29. The van der Waals surface area contributed by atoms with E-state index in [0.717, 1.165) is 19.5 Å². The highest BCUT2D eigenvalue weighted by molar-refractivity contribution is 5.78. The lowest BCUT2D eigenvalue weighted by Crippen LogP contribution is -2.51. The van der Waals surface area contributed by atoms with E-state index in [1.807, 2.05) is 4.90 Å². The van der Waals surface area contributed by atoms with E-state index in [2.05, 4.69) is 4.90 Å². The lowest BCUT2D eigenvalue weighted by atomic mass is 10.0. The second-order valence-corrected chi connectivity index (χ2v) is 5.29. The summed E-state index contributed by atoms with van der Waals surface area (Å²) >= 11 is 0. The lowest BCUT2D eigenvalue weighted by Gasteiger charge is -2.39. The first kappa shape index (κ1) is 12.8. The van der Waals surface area contributed by atoms with Crippen LogP contribution in [0, 0.1) is 0 Å². The van der Waals surface area contributed by atoms with E-state index < -0.39 is 0 Å². The normalized spacial score (nSPS) is 27.8. The van der Waals surface area contributed by atoms with Crippen molar-refractivity contribution >= 4 is 5.91 Å². The molecule has 1 atom stereocenters. The molecular formula is C13H25N3O. The first-order valence-electron chi connectivity index (χ1n) is 7.03. The number of nitrogens with two attached hydrogens (primary N) is 1. The molecule has 2 saturated heterocycles. The van der Waals surface area contributed by atoms with Crippen LogP contribution in [0.1, 0.15) is 38.5 Å². The van der Waals surface area contributed by atoms with Gasteiger partial charge < -0.3 is 10.6 Å². The number of hydrogen-bond acceptors (Lipinski definition) is 3. The lowest BCUT2D eigenvalue weighted by molar-refractivity contribution is -0.131. The molecule has 0 radical (unpaired) electrons. The fourth-order valence-corrected chi connectivity index (χ4v) is 3.07. The summed E-state index contributed by atoms with van der Waals surface area (Å²) in [6.45, 7) is 4.40. The smallest absolute Gasteiger partial charge is 0.236 e. The highest BCUT2D eigenvalue weighted by atomic mass is 16.2. The molecule has 1 amide bonds. The Kier molecular flexibility index (Phi) is 4.80. The van der Waals surface area contributed by atoms with Crippen LogP contribution < -0.4 is 5.73 Å². The van der Waals surface area contributed by atoms with Crippen LogP contribution in [0.5, 0.6) is 0 Å². The Hall–Kier alpha value is -0.610. The van der Waals surface area contributed by atoms with Gasteiger partial charge in [-0.1, -0.05) is 12.8 Å². The minimum Gasteiger partial charge on any atom is -0.340 e. The Morgan fingerprint density at radius 3 is 2.41 bits per heavy atom. The molecule has 17 heavy (non-hydrogen) atoms. The van der Waals surface area contributed by atoms with E-state index in [0.29, 0.717) is 6.04 Å². The average molecular weight is 239 g/mol. The van der Waals surface area contributed by atoms with Gasteiger partial charge in [0.1, 0.15) is 0 Å². The zero-order chi connectivity index (χ0) is 12.1. The first-order valence-corrected chi connectivity index (χ1v) is 7.03. The summed E-state index contributed by atoms with van der Waals surface area (Å²) < 4.78 is 0. The van der Waals surface area contributed by atoms with Gasteiger partial charge in [-0.3, -0.25) is 9.69 Å². The van der Waals surface area contributed by atoms with E-state index in [1.54, 1.807) is 0 Å². The Morgan fingerprint density at radius 2 is 1.76 bits per heavy atom. The first-order chi connectivity index (χ1) is 8.31. The van der Waals surface area contributed by atoms with Crippen molar-refractivity contribution in [2.45, 2.75) is 44.6 Å². The van der Waals surface area contributed by atoms with Gasteiger partial charge in [-0.05, 0) is 38.8 Å². The maximum atomic E-state index is 11.6. The molecular weight excluding hydrogens is 214 g/mol. The summed E-state index contributed by atoms with van der Waals surface area (Å²) in [7, 11) is 0. The zero-order valence-electron chi connectivity index (χ0n) is 10.7. The van der Waals surface area contributed by atoms with Crippen molar-refractivity contribution in [3.63, 3.8) is 0 Å². The molecule has 4 heteroatoms.